The van der Waals surface area contributed by atoms with Gasteiger partial charge in [-0.25, -0.2) is 4.39 Å². The molecule has 0 amide bonds. The molecule has 0 heterocycles. The molecule has 0 aromatic heterocycles. The number of halogens is 1. The van der Waals surface area contributed by atoms with Crippen LogP contribution in [0.4, 0.5) is 4.39 Å². The van der Waals surface area contributed by atoms with E-state index in [-0.39, 0.29) is 6.42 Å². The van der Waals surface area contributed by atoms with E-state index in [9.17, 15) is 19.1 Å². The largest absolute Gasteiger partial charge is 0.542 e. The Morgan fingerprint density at radius 2 is 1.77 bits per heavy atom. The predicted octanol–water partition coefficient (Wildman–Crippen LogP) is -0.313. The van der Waals surface area contributed by atoms with Gasteiger partial charge in [0.15, 0.2) is 5.78 Å². The Hall–Kier alpha value is -1.71. The van der Waals surface area contributed by atoms with E-state index in [0.717, 1.165) is 12.1 Å². The van der Waals surface area contributed by atoms with Gasteiger partial charge >= 0.3 is 0 Å². The summed E-state index contributed by atoms with van der Waals surface area (Å²) in [5, 5.41) is 10.0. The van der Waals surface area contributed by atoms with E-state index in [1.54, 1.807) is 0 Å². The number of hydrogen-bond donors (Lipinski definition) is 0. The van der Waals surface area contributed by atoms with Crippen LogP contribution in [-0.2, 0) is 16.0 Å². The van der Waals surface area contributed by atoms with Gasteiger partial charge in [0.25, 0.3) is 0 Å². The van der Waals surface area contributed by atoms with Crippen LogP contribution >= 0.6 is 0 Å². The van der Waals surface area contributed by atoms with Gasteiger partial charge in [-0.05, 0) is 17.7 Å². The fraction of sp³-hybridized carbons (Fsp3) is 0.111. The minimum Gasteiger partial charge on any atom is -0.542 e. The summed E-state index contributed by atoms with van der Waals surface area (Å²) in [6.45, 7) is 0. The third-order valence-corrected chi connectivity index (χ3v) is 1.51. The average Bonchev–Trinajstić information content (AvgIpc) is 2.08. The number of Topliss-reactive ketones (excluding diaryl/α,β-unsaturated/α-hetero) is 1. The number of hydrogen-bond acceptors (Lipinski definition) is 3. The fourth-order valence-corrected chi connectivity index (χ4v) is 0.860. The molecule has 68 valence electrons. The third kappa shape index (κ3) is 2.66. The molecule has 0 saturated carbocycles. The minimum atomic E-state index is -1.72. The number of carboxylic acid groups (broad SMARTS) is 1. The number of carbonyl (C=O) groups is 2. The highest BCUT2D eigenvalue weighted by Gasteiger charge is 2.03. The van der Waals surface area contributed by atoms with E-state index in [0.29, 0.717) is 5.56 Å². The van der Waals surface area contributed by atoms with Crippen LogP contribution in [-0.4, -0.2) is 11.8 Å². The summed E-state index contributed by atoms with van der Waals surface area (Å²) >= 11 is 0. The van der Waals surface area contributed by atoms with E-state index in [4.69, 9.17) is 0 Å². The molecule has 0 aliphatic rings. The number of rotatable bonds is 3. The molecular formula is C9H6FO3-. The van der Waals surface area contributed by atoms with Gasteiger partial charge in [-0.2, -0.15) is 0 Å². The van der Waals surface area contributed by atoms with Crippen molar-refractivity contribution in [1.29, 1.82) is 0 Å². The molecule has 0 unspecified atom stereocenters. The Bertz CT molecular complexity index is 329. The van der Waals surface area contributed by atoms with Crippen LogP contribution in [0.15, 0.2) is 24.3 Å². The van der Waals surface area contributed by atoms with Gasteiger partial charge in [-0.1, -0.05) is 12.1 Å². The van der Waals surface area contributed by atoms with Crippen molar-refractivity contribution in [2.45, 2.75) is 6.42 Å². The Morgan fingerprint density at radius 1 is 1.23 bits per heavy atom. The number of aliphatic carboxylic acids is 1. The Labute approximate surface area is 73.8 Å². The zero-order chi connectivity index (χ0) is 9.84. The molecule has 0 atom stereocenters. The number of benzene rings is 1. The summed E-state index contributed by atoms with van der Waals surface area (Å²) in [6, 6.07) is 5.04. The maximum Gasteiger partial charge on any atom is 0.182 e. The Morgan fingerprint density at radius 3 is 2.23 bits per heavy atom. The maximum atomic E-state index is 12.4. The highest BCUT2D eigenvalue weighted by atomic mass is 19.1. The van der Waals surface area contributed by atoms with Gasteiger partial charge in [-0.15, -0.1) is 0 Å². The molecule has 1 aromatic carbocycles. The summed E-state index contributed by atoms with van der Waals surface area (Å²) in [5.74, 6) is -3.15. The first-order valence-electron chi connectivity index (χ1n) is 3.58. The van der Waals surface area contributed by atoms with Gasteiger partial charge in [0, 0.05) is 6.42 Å². The summed E-state index contributed by atoms with van der Waals surface area (Å²) in [5.41, 5.74) is 0.454. The first kappa shape index (κ1) is 9.38. The van der Waals surface area contributed by atoms with Crippen LogP contribution in [0.1, 0.15) is 5.56 Å². The molecule has 0 aliphatic heterocycles. The standard InChI is InChI=1S/C9H7FO3/c10-7-3-1-6(2-4-7)5-8(11)9(12)13/h1-4H,5H2,(H,12,13)/p-1. The van der Waals surface area contributed by atoms with Gasteiger partial charge in [0.2, 0.25) is 0 Å². The fourth-order valence-electron chi connectivity index (χ4n) is 0.860. The molecule has 0 aliphatic carbocycles. The number of ketones is 1. The van der Waals surface area contributed by atoms with Crippen molar-refractivity contribution in [3.8, 4) is 0 Å². The smallest absolute Gasteiger partial charge is 0.182 e. The molecule has 0 spiro atoms. The second kappa shape index (κ2) is 3.80. The lowest BCUT2D eigenvalue weighted by atomic mass is 10.1. The van der Waals surface area contributed by atoms with Crippen molar-refractivity contribution in [2.24, 2.45) is 0 Å². The Balaban J connectivity index is 2.70. The predicted molar refractivity (Wildman–Crippen MR) is 40.1 cm³/mol. The maximum absolute atomic E-state index is 12.4. The van der Waals surface area contributed by atoms with Crippen molar-refractivity contribution in [3.05, 3.63) is 35.6 Å². The van der Waals surface area contributed by atoms with Crippen molar-refractivity contribution in [3.63, 3.8) is 0 Å². The second-order valence-corrected chi connectivity index (χ2v) is 2.51. The van der Waals surface area contributed by atoms with Crippen LogP contribution in [0.25, 0.3) is 0 Å². The van der Waals surface area contributed by atoms with Crippen LogP contribution < -0.4 is 5.11 Å². The van der Waals surface area contributed by atoms with Crippen LogP contribution in [0, 0.1) is 5.82 Å². The van der Waals surface area contributed by atoms with Crippen molar-refractivity contribution < 1.29 is 19.1 Å². The SMILES string of the molecule is O=C([O-])C(=O)Cc1ccc(F)cc1. The van der Waals surface area contributed by atoms with Crippen LogP contribution in [0.3, 0.4) is 0 Å². The molecule has 0 bridgehead atoms. The van der Waals surface area contributed by atoms with Crippen molar-refractivity contribution in [2.75, 3.05) is 0 Å². The van der Waals surface area contributed by atoms with E-state index in [1.807, 2.05) is 0 Å². The molecule has 13 heavy (non-hydrogen) atoms. The van der Waals surface area contributed by atoms with Gasteiger partial charge in [0.1, 0.15) is 11.8 Å². The molecular weight excluding hydrogens is 175 g/mol. The van der Waals surface area contributed by atoms with Crippen molar-refractivity contribution in [1.82, 2.24) is 0 Å². The highest BCUT2D eigenvalue weighted by molar-refractivity contribution is 6.32. The molecule has 4 heteroatoms. The number of carboxylic acids is 1. The van der Waals surface area contributed by atoms with E-state index in [1.165, 1.54) is 12.1 Å². The molecule has 1 aromatic rings. The topological polar surface area (TPSA) is 57.2 Å². The van der Waals surface area contributed by atoms with Gasteiger partial charge in [-0.3, -0.25) is 4.79 Å². The molecule has 3 nitrogen and oxygen atoms in total. The molecule has 0 N–H and O–H groups in total. The molecule has 0 radical (unpaired) electrons. The average molecular weight is 181 g/mol. The normalized spacial score (nSPS) is 9.62. The van der Waals surface area contributed by atoms with Gasteiger partial charge in [0.05, 0.1) is 0 Å². The number of carbonyl (C=O) groups excluding carboxylic acids is 2. The van der Waals surface area contributed by atoms with Gasteiger partial charge < -0.3 is 9.90 Å². The Kier molecular flexibility index (Phi) is 2.74. The summed E-state index contributed by atoms with van der Waals surface area (Å²) in [7, 11) is 0. The second-order valence-electron chi connectivity index (χ2n) is 2.51. The summed E-state index contributed by atoms with van der Waals surface area (Å²) in [6.07, 6.45) is -0.261. The summed E-state index contributed by atoms with van der Waals surface area (Å²) < 4.78 is 12.4. The first-order valence-corrected chi connectivity index (χ1v) is 3.58. The molecule has 1 rings (SSSR count). The molecule has 0 fully saturated rings. The third-order valence-electron chi connectivity index (χ3n) is 1.51. The van der Waals surface area contributed by atoms with E-state index < -0.39 is 17.6 Å². The van der Waals surface area contributed by atoms with Crippen molar-refractivity contribution >= 4 is 11.8 Å². The lowest BCUT2D eigenvalue weighted by Gasteiger charge is -2.00. The lowest BCUT2D eigenvalue weighted by Crippen LogP contribution is -2.32. The quantitative estimate of drug-likeness (QED) is 0.601. The zero-order valence-corrected chi connectivity index (χ0v) is 6.62. The summed E-state index contributed by atoms with van der Waals surface area (Å²) in [4.78, 5) is 20.7. The van der Waals surface area contributed by atoms with E-state index in [2.05, 4.69) is 0 Å². The zero-order valence-electron chi connectivity index (χ0n) is 6.62. The monoisotopic (exact) mass is 181 g/mol. The highest BCUT2D eigenvalue weighted by Crippen LogP contribution is 2.03. The van der Waals surface area contributed by atoms with E-state index >= 15 is 0 Å². The lowest BCUT2D eigenvalue weighted by molar-refractivity contribution is -0.299. The molecule has 0 saturated heterocycles. The van der Waals surface area contributed by atoms with Crippen LogP contribution in [0.2, 0.25) is 0 Å². The van der Waals surface area contributed by atoms with Crippen LogP contribution in [0.5, 0.6) is 0 Å². The first-order chi connectivity index (χ1) is 6.09. The minimum absolute atomic E-state index is 0.261.